The Morgan fingerprint density at radius 1 is 1.17 bits per heavy atom. The minimum absolute atomic E-state index is 0.153. The molecule has 3 rings (SSSR count). The largest absolute Gasteiger partial charge is 0.381 e. The third-order valence-electron chi connectivity index (χ3n) is 4.13. The van der Waals surface area contributed by atoms with E-state index in [2.05, 4.69) is 16.4 Å². The molecule has 1 saturated heterocycles. The molecule has 0 amide bonds. The van der Waals surface area contributed by atoms with E-state index in [4.69, 9.17) is 5.26 Å². The van der Waals surface area contributed by atoms with Crippen LogP contribution < -0.4 is 5.32 Å². The first-order chi connectivity index (χ1) is 11.6. The summed E-state index contributed by atoms with van der Waals surface area (Å²) in [4.78, 5) is 4.11. The fourth-order valence-electron chi connectivity index (χ4n) is 2.82. The number of rotatable bonds is 4. The normalized spacial score (nSPS) is 16.5. The summed E-state index contributed by atoms with van der Waals surface area (Å²) in [5, 5.41) is 12.5. The maximum Gasteiger partial charge on any atom is 0.244 e. The van der Waals surface area contributed by atoms with Crippen molar-refractivity contribution in [1.82, 2.24) is 9.29 Å². The predicted molar refractivity (Wildman–Crippen MR) is 90.8 cm³/mol. The first-order valence-corrected chi connectivity index (χ1v) is 9.21. The molecule has 6 nitrogen and oxygen atoms in total. The van der Waals surface area contributed by atoms with E-state index in [1.807, 2.05) is 18.2 Å². The fraction of sp³-hybridized carbons (Fsp3) is 0.294. The van der Waals surface area contributed by atoms with Gasteiger partial charge in [-0.2, -0.15) is 9.57 Å². The topological polar surface area (TPSA) is 86.1 Å². The molecule has 124 valence electrons. The van der Waals surface area contributed by atoms with Crippen LogP contribution in [-0.2, 0) is 10.0 Å². The van der Waals surface area contributed by atoms with Crippen molar-refractivity contribution < 1.29 is 8.42 Å². The molecule has 1 aromatic carbocycles. The molecule has 2 aromatic rings. The van der Waals surface area contributed by atoms with Gasteiger partial charge in [-0.3, -0.25) is 4.98 Å². The molecule has 1 aromatic heterocycles. The summed E-state index contributed by atoms with van der Waals surface area (Å²) in [6.45, 7) is 0.896. The second-order valence-electron chi connectivity index (χ2n) is 5.67. The zero-order chi connectivity index (χ0) is 17.0. The summed E-state index contributed by atoms with van der Waals surface area (Å²) in [6.07, 6.45) is 4.32. The highest BCUT2D eigenvalue weighted by molar-refractivity contribution is 7.89. The van der Waals surface area contributed by atoms with Crippen LogP contribution in [0.5, 0.6) is 0 Å². The lowest BCUT2D eigenvalue weighted by molar-refractivity contribution is 0.329. The highest BCUT2D eigenvalue weighted by Gasteiger charge is 2.29. The van der Waals surface area contributed by atoms with Crippen LogP contribution in [0.3, 0.4) is 0 Å². The number of benzene rings is 1. The number of para-hydroxylation sites is 1. The van der Waals surface area contributed by atoms with Gasteiger partial charge in [0, 0.05) is 31.5 Å². The van der Waals surface area contributed by atoms with Crippen molar-refractivity contribution in [1.29, 1.82) is 5.26 Å². The SMILES string of the molecule is N#Cc1ccccc1NC1CCN(S(=O)(=O)c2cccnc2)CC1. The van der Waals surface area contributed by atoms with Crippen LogP contribution in [0.4, 0.5) is 5.69 Å². The second-order valence-corrected chi connectivity index (χ2v) is 7.61. The van der Waals surface area contributed by atoms with Crippen LogP contribution in [0.1, 0.15) is 18.4 Å². The number of nitriles is 1. The van der Waals surface area contributed by atoms with Crippen molar-refractivity contribution in [3.63, 3.8) is 0 Å². The zero-order valence-electron chi connectivity index (χ0n) is 13.1. The van der Waals surface area contributed by atoms with E-state index in [0.29, 0.717) is 31.5 Å². The summed E-state index contributed by atoms with van der Waals surface area (Å²) in [6, 6.07) is 12.9. The van der Waals surface area contributed by atoms with Gasteiger partial charge in [-0.05, 0) is 37.1 Å². The molecular formula is C17H18N4O2S. The number of aromatic nitrogens is 1. The molecule has 7 heteroatoms. The Morgan fingerprint density at radius 2 is 1.92 bits per heavy atom. The number of anilines is 1. The highest BCUT2D eigenvalue weighted by atomic mass is 32.2. The molecule has 24 heavy (non-hydrogen) atoms. The lowest BCUT2D eigenvalue weighted by atomic mass is 10.1. The Hall–Kier alpha value is -2.43. The molecule has 2 heterocycles. The monoisotopic (exact) mass is 342 g/mol. The van der Waals surface area contributed by atoms with Crippen molar-refractivity contribution in [2.45, 2.75) is 23.8 Å². The van der Waals surface area contributed by atoms with Gasteiger partial charge in [0.2, 0.25) is 10.0 Å². The quantitative estimate of drug-likeness (QED) is 0.921. The van der Waals surface area contributed by atoms with Crippen LogP contribution in [0.25, 0.3) is 0 Å². The lowest BCUT2D eigenvalue weighted by Crippen LogP contribution is -2.42. The summed E-state index contributed by atoms with van der Waals surface area (Å²) in [5.41, 5.74) is 1.40. The van der Waals surface area contributed by atoms with Crippen molar-refractivity contribution in [2.24, 2.45) is 0 Å². The molecule has 0 radical (unpaired) electrons. The highest BCUT2D eigenvalue weighted by Crippen LogP contribution is 2.23. The fourth-order valence-corrected chi connectivity index (χ4v) is 4.25. The first-order valence-electron chi connectivity index (χ1n) is 7.77. The Labute approximate surface area is 141 Å². The zero-order valence-corrected chi connectivity index (χ0v) is 13.9. The summed E-state index contributed by atoms with van der Waals surface area (Å²) >= 11 is 0. The van der Waals surface area contributed by atoms with E-state index >= 15 is 0 Å². The summed E-state index contributed by atoms with van der Waals surface area (Å²) in [5.74, 6) is 0. The van der Waals surface area contributed by atoms with Crippen LogP contribution in [0.15, 0.2) is 53.7 Å². The molecule has 0 bridgehead atoms. The average Bonchev–Trinajstić information content (AvgIpc) is 2.63. The molecule has 0 aliphatic carbocycles. The van der Waals surface area contributed by atoms with Gasteiger partial charge in [-0.1, -0.05) is 12.1 Å². The maximum atomic E-state index is 12.6. The van der Waals surface area contributed by atoms with E-state index in [-0.39, 0.29) is 10.9 Å². The van der Waals surface area contributed by atoms with Gasteiger partial charge in [0.1, 0.15) is 11.0 Å². The standard InChI is InChI=1S/C17H18N4O2S/c18-12-14-4-1-2-6-17(14)20-15-7-10-21(11-8-15)24(22,23)16-5-3-9-19-13-16/h1-6,9,13,15,20H,7-8,10-11H2. The first kappa shape index (κ1) is 16.4. The second kappa shape index (κ2) is 6.99. The van der Waals surface area contributed by atoms with E-state index in [1.54, 1.807) is 24.4 Å². The number of hydrogen-bond donors (Lipinski definition) is 1. The van der Waals surface area contributed by atoms with Gasteiger partial charge in [-0.15, -0.1) is 0 Å². The Morgan fingerprint density at radius 3 is 2.58 bits per heavy atom. The Balaban J connectivity index is 1.65. The maximum absolute atomic E-state index is 12.6. The molecule has 0 spiro atoms. The van der Waals surface area contributed by atoms with Crippen LogP contribution >= 0.6 is 0 Å². The number of sulfonamides is 1. The molecule has 1 fully saturated rings. The number of nitrogens with zero attached hydrogens (tertiary/aromatic N) is 3. The van der Waals surface area contributed by atoms with Crippen molar-refractivity contribution in [3.8, 4) is 6.07 Å². The van der Waals surface area contributed by atoms with Crippen molar-refractivity contribution >= 4 is 15.7 Å². The smallest absolute Gasteiger partial charge is 0.244 e. The van der Waals surface area contributed by atoms with E-state index in [1.165, 1.54) is 10.5 Å². The minimum Gasteiger partial charge on any atom is -0.381 e. The minimum atomic E-state index is -3.48. The molecule has 0 saturated carbocycles. The van der Waals surface area contributed by atoms with Gasteiger partial charge in [0.25, 0.3) is 0 Å². The van der Waals surface area contributed by atoms with Gasteiger partial charge < -0.3 is 5.32 Å². The Kier molecular flexibility index (Phi) is 4.79. The Bertz CT molecular complexity index is 838. The number of nitrogens with one attached hydrogen (secondary N) is 1. The molecule has 1 aliphatic heterocycles. The van der Waals surface area contributed by atoms with E-state index in [0.717, 1.165) is 5.69 Å². The molecule has 0 atom stereocenters. The average molecular weight is 342 g/mol. The van der Waals surface area contributed by atoms with Crippen molar-refractivity contribution in [3.05, 3.63) is 54.4 Å². The number of pyridine rings is 1. The van der Waals surface area contributed by atoms with E-state index < -0.39 is 10.0 Å². The predicted octanol–water partition coefficient (Wildman–Crippen LogP) is 2.22. The van der Waals surface area contributed by atoms with Gasteiger partial charge in [0.15, 0.2) is 0 Å². The number of piperidine rings is 1. The third-order valence-corrected chi connectivity index (χ3v) is 6.02. The number of hydrogen-bond acceptors (Lipinski definition) is 5. The lowest BCUT2D eigenvalue weighted by Gasteiger charge is -2.32. The van der Waals surface area contributed by atoms with Crippen LogP contribution in [0, 0.1) is 11.3 Å². The van der Waals surface area contributed by atoms with Crippen LogP contribution in [-0.4, -0.2) is 36.8 Å². The van der Waals surface area contributed by atoms with E-state index in [9.17, 15) is 8.42 Å². The summed E-state index contributed by atoms with van der Waals surface area (Å²) in [7, 11) is -3.48. The van der Waals surface area contributed by atoms with Crippen LogP contribution in [0.2, 0.25) is 0 Å². The summed E-state index contributed by atoms with van der Waals surface area (Å²) < 4.78 is 26.6. The molecular weight excluding hydrogens is 324 g/mol. The molecule has 0 unspecified atom stereocenters. The molecule has 1 N–H and O–H groups in total. The van der Waals surface area contributed by atoms with Gasteiger partial charge in [-0.25, -0.2) is 8.42 Å². The molecule has 1 aliphatic rings. The van der Waals surface area contributed by atoms with Gasteiger partial charge in [0.05, 0.1) is 11.3 Å². The van der Waals surface area contributed by atoms with Gasteiger partial charge >= 0.3 is 0 Å². The van der Waals surface area contributed by atoms with Crippen molar-refractivity contribution in [2.75, 3.05) is 18.4 Å². The third kappa shape index (κ3) is 3.40.